The minimum absolute atomic E-state index is 0.196. The van der Waals surface area contributed by atoms with Crippen LogP contribution in [0.15, 0.2) is 0 Å². The van der Waals surface area contributed by atoms with Crippen molar-refractivity contribution in [1.29, 1.82) is 0 Å². The van der Waals surface area contributed by atoms with Gasteiger partial charge in [-0.1, -0.05) is 13.8 Å². The molecule has 0 bridgehead atoms. The van der Waals surface area contributed by atoms with Gasteiger partial charge in [-0.3, -0.25) is 4.79 Å². The number of rotatable bonds is 5. The van der Waals surface area contributed by atoms with E-state index in [9.17, 15) is 19.5 Å². The van der Waals surface area contributed by atoms with Gasteiger partial charge in [0, 0.05) is 20.1 Å². The lowest BCUT2D eigenvalue weighted by Gasteiger charge is -2.36. The first-order valence-corrected chi connectivity index (χ1v) is 7.14. The SMILES string of the molecule is CCC1(C(=O)O)CCCN1C(=O)N(C)CC(C)C(=O)OC. The Morgan fingerprint density at radius 3 is 2.52 bits per heavy atom. The molecule has 1 fully saturated rings. The molecule has 0 radical (unpaired) electrons. The smallest absolute Gasteiger partial charge is 0.329 e. The molecule has 0 saturated carbocycles. The largest absolute Gasteiger partial charge is 0.479 e. The summed E-state index contributed by atoms with van der Waals surface area (Å²) in [5.41, 5.74) is -1.13. The molecule has 1 N–H and O–H groups in total. The van der Waals surface area contributed by atoms with Crippen LogP contribution in [0, 0.1) is 5.92 Å². The minimum atomic E-state index is -1.13. The molecule has 1 aliphatic heterocycles. The number of urea groups is 1. The van der Waals surface area contributed by atoms with Gasteiger partial charge in [0.1, 0.15) is 5.54 Å². The zero-order chi connectivity index (χ0) is 16.2. The van der Waals surface area contributed by atoms with Crippen molar-refractivity contribution in [2.75, 3.05) is 27.2 Å². The van der Waals surface area contributed by atoms with Gasteiger partial charge >= 0.3 is 18.0 Å². The number of hydrogen-bond acceptors (Lipinski definition) is 4. The summed E-state index contributed by atoms with van der Waals surface area (Å²) in [6.45, 7) is 4.07. The number of likely N-dealkylation sites (tertiary alicyclic amines) is 1. The third kappa shape index (κ3) is 3.28. The molecule has 7 nitrogen and oxygen atoms in total. The number of carbonyl (C=O) groups is 3. The molecule has 120 valence electrons. The molecule has 2 unspecified atom stereocenters. The molecule has 2 amide bonds. The number of carboxylic acids is 1. The van der Waals surface area contributed by atoms with Gasteiger partial charge in [-0.15, -0.1) is 0 Å². The van der Waals surface area contributed by atoms with Gasteiger partial charge in [0.25, 0.3) is 0 Å². The number of carboxylic acid groups (broad SMARTS) is 1. The van der Waals surface area contributed by atoms with E-state index >= 15 is 0 Å². The molecule has 1 heterocycles. The van der Waals surface area contributed by atoms with Crippen LogP contribution in [0.2, 0.25) is 0 Å². The van der Waals surface area contributed by atoms with Crippen molar-refractivity contribution in [2.24, 2.45) is 5.92 Å². The molecule has 1 aliphatic rings. The van der Waals surface area contributed by atoms with Crippen LogP contribution in [0.25, 0.3) is 0 Å². The zero-order valence-electron chi connectivity index (χ0n) is 13.1. The van der Waals surface area contributed by atoms with Crippen molar-refractivity contribution < 1.29 is 24.2 Å². The summed E-state index contributed by atoms with van der Waals surface area (Å²) in [7, 11) is 2.87. The molecule has 2 atom stereocenters. The van der Waals surface area contributed by atoms with Gasteiger partial charge in [-0.2, -0.15) is 0 Å². The van der Waals surface area contributed by atoms with E-state index in [2.05, 4.69) is 4.74 Å². The van der Waals surface area contributed by atoms with Gasteiger partial charge in [0.05, 0.1) is 13.0 Å². The Morgan fingerprint density at radius 1 is 1.43 bits per heavy atom. The van der Waals surface area contributed by atoms with Crippen molar-refractivity contribution >= 4 is 18.0 Å². The van der Waals surface area contributed by atoms with E-state index < -0.39 is 23.4 Å². The summed E-state index contributed by atoms with van der Waals surface area (Å²) in [5.74, 6) is -1.81. The number of aliphatic carboxylic acids is 1. The van der Waals surface area contributed by atoms with Gasteiger partial charge in [-0.05, 0) is 19.3 Å². The number of methoxy groups -OCH3 is 1. The summed E-state index contributed by atoms with van der Waals surface area (Å²) in [6, 6.07) is -0.354. The molecule has 0 spiro atoms. The van der Waals surface area contributed by atoms with Gasteiger partial charge in [0.2, 0.25) is 0 Å². The number of hydrogen-bond donors (Lipinski definition) is 1. The highest BCUT2D eigenvalue weighted by molar-refractivity contribution is 5.87. The van der Waals surface area contributed by atoms with E-state index in [1.54, 1.807) is 20.9 Å². The maximum Gasteiger partial charge on any atom is 0.329 e. The molecule has 0 aliphatic carbocycles. The second-order valence-electron chi connectivity index (χ2n) is 5.53. The van der Waals surface area contributed by atoms with E-state index in [0.717, 1.165) is 0 Å². The Hall–Kier alpha value is -1.79. The van der Waals surface area contributed by atoms with E-state index in [1.807, 2.05) is 0 Å². The second-order valence-corrected chi connectivity index (χ2v) is 5.53. The Balaban J connectivity index is 2.82. The highest BCUT2D eigenvalue weighted by atomic mass is 16.5. The molecule has 1 saturated heterocycles. The first-order valence-electron chi connectivity index (χ1n) is 7.14. The predicted octanol–water partition coefficient (Wildman–Crippen LogP) is 1.18. The normalized spacial score (nSPS) is 22.8. The van der Waals surface area contributed by atoms with Crippen LogP contribution in [0.4, 0.5) is 4.79 Å². The van der Waals surface area contributed by atoms with Crippen LogP contribution in [0.5, 0.6) is 0 Å². The topological polar surface area (TPSA) is 87.2 Å². The number of carbonyl (C=O) groups excluding carboxylic acids is 2. The summed E-state index contributed by atoms with van der Waals surface area (Å²) >= 11 is 0. The van der Waals surface area contributed by atoms with E-state index in [4.69, 9.17) is 0 Å². The first kappa shape index (κ1) is 17.3. The molecule has 0 aromatic rings. The molecule has 0 aromatic heterocycles. The number of nitrogens with zero attached hydrogens (tertiary/aromatic N) is 2. The Morgan fingerprint density at radius 2 is 2.05 bits per heavy atom. The zero-order valence-corrected chi connectivity index (χ0v) is 13.1. The standard InChI is InChI=1S/C14H24N2O5/c1-5-14(12(18)19)7-6-8-16(14)13(20)15(3)9-10(2)11(17)21-4/h10H,5-9H2,1-4H3,(H,18,19). The lowest BCUT2D eigenvalue weighted by atomic mass is 9.93. The number of ether oxygens (including phenoxy) is 1. The van der Waals surface area contributed by atoms with Crippen molar-refractivity contribution in [2.45, 2.75) is 38.6 Å². The third-order valence-corrected chi connectivity index (χ3v) is 4.18. The fourth-order valence-electron chi connectivity index (χ4n) is 2.87. The van der Waals surface area contributed by atoms with Gasteiger partial charge in [0.15, 0.2) is 0 Å². The number of esters is 1. The van der Waals surface area contributed by atoms with E-state index in [1.165, 1.54) is 16.9 Å². The van der Waals surface area contributed by atoms with Crippen LogP contribution in [-0.4, -0.2) is 65.7 Å². The monoisotopic (exact) mass is 300 g/mol. The van der Waals surface area contributed by atoms with Crippen LogP contribution in [-0.2, 0) is 14.3 Å². The molecular weight excluding hydrogens is 276 g/mol. The number of amides is 2. The fraction of sp³-hybridized carbons (Fsp3) is 0.786. The highest BCUT2D eigenvalue weighted by Crippen LogP contribution is 2.33. The van der Waals surface area contributed by atoms with Crippen molar-refractivity contribution in [3.05, 3.63) is 0 Å². The average molecular weight is 300 g/mol. The average Bonchev–Trinajstić information content (AvgIpc) is 2.90. The lowest BCUT2D eigenvalue weighted by Crippen LogP contribution is -2.56. The summed E-state index contributed by atoms with van der Waals surface area (Å²) < 4.78 is 4.63. The minimum Gasteiger partial charge on any atom is -0.479 e. The fourth-order valence-corrected chi connectivity index (χ4v) is 2.87. The predicted molar refractivity (Wildman–Crippen MR) is 75.8 cm³/mol. The molecule has 7 heteroatoms. The highest BCUT2D eigenvalue weighted by Gasteiger charge is 2.49. The summed E-state index contributed by atoms with van der Waals surface area (Å²) in [4.78, 5) is 38.3. The lowest BCUT2D eigenvalue weighted by molar-refractivity contribution is -0.149. The van der Waals surface area contributed by atoms with Crippen molar-refractivity contribution in [1.82, 2.24) is 9.80 Å². The Labute approximate surface area is 124 Å². The van der Waals surface area contributed by atoms with Crippen LogP contribution in [0.3, 0.4) is 0 Å². The summed E-state index contributed by atoms with van der Waals surface area (Å²) in [5, 5.41) is 9.49. The Kier molecular flexibility index (Phi) is 5.57. The van der Waals surface area contributed by atoms with E-state index in [0.29, 0.717) is 25.8 Å². The molecular formula is C14H24N2O5. The van der Waals surface area contributed by atoms with Gasteiger partial charge < -0.3 is 19.6 Å². The first-order chi connectivity index (χ1) is 9.80. The van der Waals surface area contributed by atoms with Crippen molar-refractivity contribution in [3.8, 4) is 0 Å². The summed E-state index contributed by atoms with van der Waals surface area (Å²) in [6.07, 6.45) is 1.51. The van der Waals surface area contributed by atoms with Crippen LogP contribution >= 0.6 is 0 Å². The van der Waals surface area contributed by atoms with Gasteiger partial charge in [-0.25, -0.2) is 9.59 Å². The van der Waals surface area contributed by atoms with E-state index in [-0.39, 0.29) is 12.6 Å². The second kappa shape index (κ2) is 6.78. The van der Waals surface area contributed by atoms with Crippen LogP contribution < -0.4 is 0 Å². The molecule has 1 rings (SSSR count). The quantitative estimate of drug-likeness (QED) is 0.770. The van der Waals surface area contributed by atoms with Crippen LogP contribution in [0.1, 0.15) is 33.1 Å². The molecule has 21 heavy (non-hydrogen) atoms. The third-order valence-electron chi connectivity index (χ3n) is 4.18. The van der Waals surface area contributed by atoms with Crippen molar-refractivity contribution in [3.63, 3.8) is 0 Å². The molecule has 0 aromatic carbocycles. The maximum atomic E-state index is 12.5. The maximum absolute atomic E-state index is 12.5. The Bertz CT molecular complexity index is 426.